The standard InChI is InChI=1S/C34H37NO15/c1-16-9-10-19(36)27-23(16)33-13-14-35(3)17(2)34(33,46)12-11-20(28(33)49-27)47-30(43)24(39)25(40)31(44)50-26(18-7-5-4-6-8-18)32(45)48-21(29(41)42)15-22(37)38/h4-11,17,21,24-26,28,36,39-40,46H,12-15H2,1-3H3,(H,37,38)(H,41,42)/t17-,21-,24-,25-,26+,28+,33+,34-/m1/s1. The molecule has 3 aliphatic rings. The number of fused-ring (bicyclic) bond motifs is 1. The van der Waals surface area contributed by atoms with Crippen LogP contribution in [0.5, 0.6) is 11.5 Å². The summed E-state index contributed by atoms with van der Waals surface area (Å²) in [5.74, 6) is -8.35. The van der Waals surface area contributed by atoms with Crippen molar-refractivity contribution in [1.82, 2.24) is 4.90 Å². The molecule has 268 valence electrons. The number of carbonyl (C=O) groups excluding carboxylic acids is 3. The number of likely N-dealkylation sites (N-methyl/N-ethyl adjacent to an activating group) is 1. The summed E-state index contributed by atoms with van der Waals surface area (Å²) >= 11 is 0. The normalized spacial score (nSPS) is 26.3. The van der Waals surface area contributed by atoms with Gasteiger partial charge < -0.3 is 54.5 Å². The Hall–Kier alpha value is -5.03. The van der Waals surface area contributed by atoms with Gasteiger partial charge in [-0.3, -0.25) is 4.79 Å². The third kappa shape index (κ3) is 6.15. The zero-order chi connectivity index (χ0) is 36.7. The fraction of sp³-hybridized carbons (Fsp3) is 0.441. The summed E-state index contributed by atoms with van der Waals surface area (Å²) in [4.78, 5) is 63.7. The maximum Gasteiger partial charge on any atom is 0.353 e. The summed E-state index contributed by atoms with van der Waals surface area (Å²) in [5.41, 5.74) is -1.48. The van der Waals surface area contributed by atoms with Crippen LogP contribution in [0.25, 0.3) is 0 Å². The maximum atomic E-state index is 13.3. The number of carboxylic acid groups (broad SMARTS) is 2. The number of nitrogens with zero attached hydrogens (tertiary/aromatic N) is 1. The molecular weight excluding hydrogens is 662 g/mol. The molecule has 2 aromatic carbocycles. The lowest BCUT2D eigenvalue weighted by molar-refractivity contribution is -0.187. The molecule has 1 saturated heterocycles. The van der Waals surface area contributed by atoms with E-state index in [9.17, 15) is 49.5 Å². The van der Waals surface area contributed by atoms with Gasteiger partial charge >= 0.3 is 29.8 Å². The Kier molecular flexibility index (Phi) is 9.94. The van der Waals surface area contributed by atoms with Crippen molar-refractivity contribution in [3.05, 3.63) is 71.0 Å². The van der Waals surface area contributed by atoms with Gasteiger partial charge in [-0.15, -0.1) is 0 Å². The first-order chi connectivity index (χ1) is 23.5. The molecular formula is C34H37NO15. The number of hydrogen-bond acceptors (Lipinski definition) is 14. The molecule has 16 nitrogen and oxygen atoms in total. The van der Waals surface area contributed by atoms with Gasteiger partial charge in [0.25, 0.3) is 0 Å². The molecule has 6 N–H and O–H groups in total. The Morgan fingerprint density at radius 3 is 2.28 bits per heavy atom. The molecule has 0 bridgehead atoms. The first-order valence-electron chi connectivity index (χ1n) is 15.6. The van der Waals surface area contributed by atoms with E-state index in [2.05, 4.69) is 0 Å². The van der Waals surface area contributed by atoms with Crippen LogP contribution in [0, 0.1) is 6.92 Å². The highest BCUT2D eigenvalue weighted by molar-refractivity contribution is 5.89. The zero-order valence-corrected chi connectivity index (χ0v) is 27.2. The molecule has 1 aliphatic carbocycles. The van der Waals surface area contributed by atoms with Crippen molar-refractivity contribution < 1.29 is 73.6 Å². The topological polar surface area (TPSA) is 247 Å². The van der Waals surface area contributed by atoms with Crippen LogP contribution < -0.4 is 4.74 Å². The quantitative estimate of drug-likeness (QED) is 0.138. The van der Waals surface area contributed by atoms with E-state index in [0.29, 0.717) is 24.1 Å². The lowest BCUT2D eigenvalue weighted by Crippen LogP contribution is -2.71. The largest absolute Gasteiger partial charge is 0.504 e. The maximum absolute atomic E-state index is 13.3. The van der Waals surface area contributed by atoms with Crippen LogP contribution >= 0.6 is 0 Å². The average Bonchev–Trinajstić information content (AvgIpc) is 3.45. The Morgan fingerprint density at radius 2 is 1.64 bits per heavy atom. The van der Waals surface area contributed by atoms with Gasteiger partial charge in [-0.05, 0) is 51.6 Å². The van der Waals surface area contributed by atoms with Gasteiger partial charge in [0.15, 0.2) is 29.8 Å². The van der Waals surface area contributed by atoms with Crippen molar-refractivity contribution in [3.63, 3.8) is 0 Å². The first kappa shape index (κ1) is 36.3. The van der Waals surface area contributed by atoms with Crippen molar-refractivity contribution in [2.24, 2.45) is 0 Å². The van der Waals surface area contributed by atoms with Gasteiger partial charge in [-0.2, -0.15) is 0 Å². The van der Waals surface area contributed by atoms with Crippen LogP contribution in [0.2, 0.25) is 0 Å². The number of ether oxygens (including phenoxy) is 4. The highest BCUT2D eigenvalue weighted by Crippen LogP contribution is 2.62. The van der Waals surface area contributed by atoms with E-state index in [1.165, 1.54) is 36.4 Å². The molecule has 0 aromatic heterocycles. The number of aliphatic hydroxyl groups is 3. The Labute approximate surface area is 285 Å². The second kappa shape index (κ2) is 13.7. The Morgan fingerprint density at radius 1 is 0.980 bits per heavy atom. The summed E-state index contributed by atoms with van der Waals surface area (Å²) in [6.07, 6.45) is -9.98. The second-order valence-electron chi connectivity index (χ2n) is 12.6. The van der Waals surface area contributed by atoms with E-state index in [1.807, 2.05) is 18.9 Å². The van der Waals surface area contributed by atoms with Gasteiger partial charge in [-0.1, -0.05) is 36.4 Å². The van der Waals surface area contributed by atoms with Crippen LogP contribution in [-0.4, -0.2) is 115 Å². The van der Waals surface area contributed by atoms with Crippen molar-refractivity contribution >= 4 is 29.8 Å². The van der Waals surface area contributed by atoms with Crippen LogP contribution in [0.4, 0.5) is 0 Å². The number of aliphatic hydroxyl groups excluding tert-OH is 2. The number of benzene rings is 2. The summed E-state index contributed by atoms with van der Waals surface area (Å²) in [5, 5.41) is 62.7. The monoisotopic (exact) mass is 699 g/mol. The van der Waals surface area contributed by atoms with E-state index in [0.717, 1.165) is 0 Å². The molecule has 5 rings (SSSR count). The lowest BCUT2D eigenvalue weighted by atomic mass is 9.54. The summed E-state index contributed by atoms with van der Waals surface area (Å²) in [6.45, 7) is 4.14. The fourth-order valence-corrected chi connectivity index (χ4v) is 7.05. The van der Waals surface area contributed by atoms with E-state index in [4.69, 9.17) is 24.1 Å². The molecule has 1 fully saturated rings. The number of carbonyl (C=O) groups is 5. The summed E-state index contributed by atoms with van der Waals surface area (Å²) < 4.78 is 21.6. The molecule has 0 unspecified atom stereocenters. The molecule has 50 heavy (non-hydrogen) atoms. The van der Waals surface area contributed by atoms with E-state index in [1.54, 1.807) is 19.1 Å². The molecule has 0 saturated carbocycles. The van der Waals surface area contributed by atoms with Crippen molar-refractivity contribution in [1.29, 1.82) is 0 Å². The third-order valence-corrected chi connectivity index (χ3v) is 9.78. The Bertz CT molecular complexity index is 1730. The average molecular weight is 700 g/mol. The summed E-state index contributed by atoms with van der Waals surface area (Å²) in [7, 11) is 1.86. The fourth-order valence-electron chi connectivity index (χ4n) is 7.05. The molecule has 2 aliphatic heterocycles. The first-order valence-corrected chi connectivity index (χ1v) is 15.6. The second-order valence-corrected chi connectivity index (χ2v) is 12.6. The van der Waals surface area contributed by atoms with Gasteiger partial charge in [-0.25, -0.2) is 19.2 Å². The molecule has 0 amide bonds. The molecule has 0 radical (unpaired) electrons. The third-order valence-electron chi connectivity index (χ3n) is 9.78. The number of aliphatic carboxylic acids is 2. The number of aromatic hydroxyl groups is 1. The number of carboxylic acids is 2. The molecule has 16 heteroatoms. The van der Waals surface area contributed by atoms with Gasteiger partial charge in [0.1, 0.15) is 5.76 Å². The van der Waals surface area contributed by atoms with E-state index in [-0.39, 0.29) is 29.2 Å². The number of aryl methyl sites for hydroxylation is 1. The smallest absolute Gasteiger partial charge is 0.353 e. The lowest BCUT2D eigenvalue weighted by Gasteiger charge is -2.58. The number of rotatable bonds is 11. The van der Waals surface area contributed by atoms with E-state index >= 15 is 0 Å². The van der Waals surface area contributed by atoms with Crippen molar-refractivity contribution in [2.75, 3.05) is 13.6 Å². The highest BCUT2D eigenvalue weighted by atomic mass is 16.6. The SMILES string of the molecule is Cc1ccc(O)c2c1[C@]13CCN(C)[C@H](C)[C@]1(O)CC=C(OC(=O)[C@H](O)[C@@H](O)C(=O)O[C@H](C(=O)O[C@H](CC(=O)O)C(=O)O)c1ccccc1)[C@@H]3O2. The highest BCUT2D eigenvalue weighted by Gasteiger charge is 2.69. The number of likely N-dealkylation sites (tertiary alicyclic amines) is 1. The van der Waals surface area contributed by atoms with Crippen LogP contribution in [0.1, 0.15) is 49.0 Å². The van der Waals surface area contributed by atoms with Crippen molar-refractivity contribution in [3.8, 4) is 11.5 Å². The summed E-state index contributed by atoms with van der Waals surface area (Å²) in [6, 6.07) is 9.69. The van der Waals surface area contributed by atoms with E-state index < -0.39 is 83.8 Å². The molecule has 2 aromatic rings. The van der Waals surface area contributed by atoms with Crippen LogP contribution in [0.15, 0.2) is 54.3 Å². The van der Waals surface area contributed by atoms with Crippen LogP contribution in [0.3, 0.4) is 0 Å². The predicted octanol–water partition coefficient (Wildman–Crippen LogP) is 0.463. The van der Waals surface area contributed by atoms with Gasteiger partial charge in [0.2, 0.25) is 12.2 Å². The zero-order valence-electron chi connectivity index (χ0n) is 27.2. The number of esters is 3. The Balaban J connectivity index is 1.37. The number of phenols is 1. The molecule has 8 atom stereocenters. The minimum Gasteiger partial charge on any atom is -0.504 e. The van der Waals surface area contributed by atoms with Crippen LogP contribution in [-0.2, 0) is 43.6 Å². The number of piperidine rings is 1. The van der Waals surface area contributed by atoms with Gasteiger partial charge in [0.05, 0.1) is 17.4 Å². The minimum atomic E-state index is -2.64. The molecule has 2 heterocycles. The van der Waals surface area contributed by atoms with Crippen molar-refractivity contribution in [2.45, 2.75) is 80.7 Å². The number of hydrogen-bond donors (Lipinski definition) is 6. The molecule has 1 spiro atoms. The predicted molar refractivity (Wildman–Crippen MR) is 166 cm³/mol. The van der Waals surface area contributed by atoms with Gasteiger partial charge in [0, 0.05) is 23.6 Å². The minimum absolute atomic E-state index is 0.0315. The number of phenolic OH excluding ortho intramolecular Hbond substituents is 1.